The van der Waals surface area contributed by atoms with Gasteiger partial charge in [0.2, 0.25) is 0 Å². The fraction of sp³-hybridized carbons (Fsp3) is 0.343. The highest BCUT2D eigenvalue weighted by atomic mass is 32.2. The average molecular weight is 688 g/mol. The normalized spacial score (nSPS) is 11.6. The van der Waals surface area contributed by atoms with Gasteiger partial charge >= 0.3 is 0 Å². The van der Waals surface area contributed by atoms with E-state index in [1.807, 2.05) is 25.1 Å². The van der Waals surface area contributed by atoms with Crippen LogP contribution >= 0.6 is 0 Å². The fourth-order valence-electron chi connectivity index (χ4n) is 5.49. The van der Waals surface area contributed by atoms with Crippen LogP contribution in [0.25, 0.3) is 11.1 Å². The van der Waals surface area contributed by atoms with E-state index in [2.05, 4.69) is 27.2 Å². The first kappa shape index (κ1) is 35.2. The molecule has 0 spiro atoms. The van der Waals surface area contributed by atoms with Gasteiger partial charge in [0.25, 0.3) is 21.5 Å². The lowest BCUT2D eigenvalue weighted by Gasteiger charge is -2.18. The van der Waals surface area contributed by atoms with Gasteiger partial charge < -0.3 is 14.6 Å². The molecule has 13 nitrogen and oxygen atoms in total. The number of carbonyl (C=O) groups excluding carboxylic acids is 1. The zero-order valence-electron chi connectivity index (χ0n) is 28.5. The largest absolute Gasteiger partial charge is 0.377 e. The predicted octanol–water partition coefficient (Wildman–Crippen LogP) is 5.54. The molecule has 0 atom stereocenters. The monoisotopic (exact) mass is 687 g/mol. The molecule has 0 aliphatic rings. The average Bonchev–Trinajstić information content (AvgIpc) is 3.62. The predicted molar refractivity (Wildman–Crippen MR) is 186 cm³/mol. The van der Waals surface area contributed by atoms with E-state index in [4.69, 9.17) is 14.2 Å². The Morgan fingerprint density at radius 2 is 1.84 bits per heavy atom. The summed E-state index contributed by atoms with van der Waals surface area (Å²) in [7, 11) is -2.33. The molecule has 0 unspecified atom stereocenters. The number of nitrogens with zero attached hydrogens (tertiary/aromatic N) is 5. The maximum atomic E-state index is 14.0. The summed E-state index contributed by atoms with van der Waals surface area (Å²) in [5.41, 5.74) is 3.54. The highest BCUT2D eigenvalue weighted by Crippen LogP contribution is 2.33. The van der Waals surface area contributed by atoms with Crippen LogP contribution in [0.15, 0.2) is 69.1 Å². The van der Waals surface area contributed by atoms with Gasteiger partial charge in [0, 0.05) is 37.4 Å². The van der Waals surface area contributed by atoms with Crippen LogP contribution in [0.5, 0.6) is 0 Å². The standard InChI is InChI=1S/C35H41N7O6S/c1-7-9-14-31-37-23(4)32(34(43)38-27-18-36-41(6)20-27)35(44)42(31)19-25-15-16-28(26(17-25)21-47-8-2)29-12-10-11-13-30(29)49(45,46)40-33-22(3)24(5)48-39-33/h10-13,15-18,20H,7-9,14,19,21H2,1-6H3,(H,38,43)(H,39,40). The summed E-state index contributed by atoms with van der Waals surface area (Å²) in [6, 6.07) is 12.3. The van der Waals surface area contributed by atoms with Gasteiger partial charge in [0.1, 0.15) is 17.1 Å². The number of nitrogens with one attached hydrogen (secondary N) is 2. The van der Waals surface area contributed by atoms with Crippen molar-refractivity contribution in [3.05, 3.63) is 105 Å². The molecule has 3 aromatic heterocycles. The van der Waals surface area contributed by atoms with Gasteiger partial charge in [-0.1, -0.05) is 54.9 Å². The van der Waals surface area contributed by atoms with Gasteiger partial charge in [0.05, 0.1) is 35.6 Å². The van der Waals surface area contributed by atoms with Crippen molar-refractivity contribution >= 4 is 27.4 Å². The summed E-state index contributed by atoms with van der Waals surface area (Å²) in [4.78, 5) is 32.1. The van der Waals surface area contributed by atoms with E-state index in [9.17, 15) is 18.0 Å². The van der Waals surface area contributed by atoms with Crippen LogP contribution in [-0.2, 0) is 41.4 Å². The summed E-state index contributed by atoms with van der Waals surface area (Å²) in [6.07, 6.45) is 5.43. The minimum atomic E-state index is -4.07. The van der Waals surface area contributed by atoms with Crippen LogP contribution in [0.2, 0.25) is 0 Å². The number of aryl methyl sites for hydroxylation is 4. The number of benzene rings is 2. The number of amides is 1. The quantitative estimate of drug-likeness (QED) is 0.153. The Bertz CT molecular complexity index is 2150. The molecule has 0 aliphatic carbocycles. The van der Waals surface area contributed by atoms with E-state index < -0.39 is 21.5 Å². The molecule has 0 bridgehead atoms. The van der Waals surface area contributed by atoms with Crippen molar-refractivity contribution in [1.29, 1.82) is 0 Å². The van der Waals surface area contributed by atoms with E-state index in [0.29, 0.717) is 52.7 Å². The number of sulfonamides is 1. The molecule has 3 heterocycles. The number of hydrogen-bond donors (Lipinski definition) is 2. The van der Waals surface area contributed by atoms with Crippen LogP contribution in [0.4, 0.5) is 11.5 Å². The molecule has 0 fully saturated rings. The van der Waals surface area contributed by atoms with Gasteiger partial charge in [-0.15, -0.1) is 0 Å². The molecule has 0 aliphatic heterocycles. The van der Waals surface area contributed by atoms with Crippen molar-refractivity contribution in [3.8, 4) is 11.1 Å². The third-order valence-electron chi connectivity index (χ3n) is 8.20. The van der Waals surface area contributed by atoms with Crippen molar-refractivity contribution in [2.45, 2.75) is 71.9 Å². The Hall–Kier alpha value is -5.08. The molecule has 258 valence electrons. The van der Waals surface area contributed by atoms with E-state index in [1.54, 1.807) is 61.5 Å². The van der Waals surface area contributed by atoms with Crippen LogP contribution in [0.3, 0.4) is 0 Å². The van der Waals surface area contributed by atoms with Crippen molar-refractivity contribution in [1.82, 2.24) is 24.5 Å². The number of unbranched alkanes of at least 4 members (excludes halogenated alkanes) is 1. The van der Waals surface area contributed by atoms with Crippen molar-refractivity contribution < 1.29 is 22.5 Å². The molecule has 5 rings (SSSR count). The highest BCUT2D eigenvalue weighted by molar-refractivity contribution is 7.92. The highest BCUT2D eigenvalue weighted by Gasteiger charge is 2.25. The molecular weight excluding hydrogens is 646 g/mol. The zero-order chi connectivity index (χ0) is 35.3. The van der Waals surface area contributed by atoms with Crippen LogP contribution in [-0.4, -0.2) is 45.4 Å². The van der Waals surface area contributed by atoms with Crippen molar-refractivity contribution in [3.63, 3.8) is 0 Å². The Morgan fingerprint density at radius 1 is 1.06 bits per heavy atom. The molecule has 49 heavy (non-hydrogen) atoms. The first-order valence-corrected chi connectivity index (χ1v) is 17.6. The van der Waals surface area contributed by atoms with E-state index in [-0.39, 0.29) is 29.4 Å². The van der Waals surface area contributed by atoms with E-state index in [1.165, 1.54) is 12.3 Å². The number of aromatic nitrogens is 5. The number of rotatable bonds is 14. The number of hydrogen-bond acceptors (Lipinski definition) is 9. The second kappa shape index (κ2) is 15.0. The topological polar surface area (TPSA) is 163 Å². The van der Waals surface area contributed by atoms with Crippen molar-refractivity contribution in [2.24, 2.45) is 7.05 Å². The molecule has 0 saturated carbocycles. The first-order chi connectivity index (χ1) is 23.4. The van der Waals surface area contributed by atoms with Gasteiger partial charge in [-0.05, 0) is 56.9 Å². The summed E-state index contributed by atoms with van der Waals surface area (Å²) >= 11 is 0. The molecule has 14 heteroatoms. The zero-order valence-corrected chi connectivity index (χ0v) is 29.3. The molecule has 1 amide bonds. The molecule has 0 radical (unpaired) electrons. The smallest absolute Gasteiger partial charge is 0.266 e. The molecule has 2 N–H and O–H groups in total. The van der Waals surface area contributed by atoms with Gasteiger partial charge in [-0.25, -0.2) is 13.4 Å². The van der Waals surface area contributed by atoms with E-state index in [0.717, 1.165) is 24.0 Å². The van der Waals surface area contributed by atoms with Gasteiger partial charge in [-0.2, -0.15) is 5.10 Å². The van der Waals surface area contributed by atoms with Crippen LogP contribution < -0.4 is 15.6 Å². The first-order valence-electron chi connectivity index (χ1n) is 16.1. The van der Waals surface area contributed by atoms with Crippen LogP contribution in [0.1, 0.15) is 71.0 Å². The summed E-state index contributed by atoms with van der Waals surface area (Å²) < 4.78 is 44.0. The van der Waals surface area contributed by atoms with Crippen LogP contribution in [0, 0.1) is 20.8 Å². The minimum Gasteiger partial charge on any atom is -0.377 e. The number of carbonyl (C=O) groups is 1. The lowest BCUT2D eigenvalue weighted by Crippen LogP contribution is -2.34. The molecule has 0 saturated heterocycles. The maximum absolute atomic E-state index is 14.0. The fourth-order valence-corrected chi connectivity index (χ4v) is 6.77. The van der Waals surface area contributed by atoms with Gasteiger partial charge in [-0.3, -0.25) is 23.6 Å². The Kier molecular flexibility index (Phi) is 10.8. The van der Waals surface area contributed by atoms with Gasteiger partial charge in [0.15, 0.2) is 5.82 Å². The summed E-state index contributed by atoms with van der Waals surface area (Å²) in [5, 5.41) is 10.7. The van der Waals surface area contributed by atoms with E-state index >= 15 is 0 Å². The SMILES string of the molecule is CCCCc1nc(C)c(C(=O)Nc2cnn(C)c2)c(=O)n1Cc1ccc(-c2ccccc2S(=O)(=O)Nc2noc(C)c2C)c(COCC)c1. The Morgan fingerprint density at radius 3 is 2.51 bits per heavy atom. The molecular formula is C35H41N7O6S. The third kappa shape index (κ3) is 7.81. The maximum Gasteiger partial charge on any atom is 0.266 e. The third-order valence-corrected chi connectivity index (χ3v) is 9.60. The summed E-state index contributed by atoms with van der Waals surface area (Å²) in [5.74, 6) is 0.663. The number of anilines is 2. The van der Waals surface area contributed by atoms with Crippen molar-refractivity contribution in [2.75, 3.05) is 16.6 Å². The lowest BCUT2D eigenvalue weighted by molar-refractivity contribution is 0.102. The minimum absolute atomic E-state index is 0.0422. The second-order valence-electron chi connectivity index (χ2n) is 11.8. The summed E-state index contributed by atoms with van der Waals surface area (Å²) in [6.45, 7) is 9.83. The molecule has 2 aromatic carbocycles. The Labute approximate surface area is 285 Å². The second-order valence-corrected chi connectivity index (χ2v) is 13.4. The molecule has 5 aromatic rings. The Balaban J connectivity index is 1.55. The number of ether oxygens (including phenoxy) is 1. The lowest BCUT2D eigenvalue weighted by atomic mass is 9.97.